The van der Waals surface area contributed by atoms with E-state index >= 15 is 0 Å². The lowest BCUT2D eigenvalue weighted by atomic mass is 10.2. The number of carbonyl (C=O) groups excluding carboxylic acids is 1. The first-order valence-corrected chi connectivity index (χ1v) is 8.41. The lowest BCUT2D eigenvalue weighted by Gasteiger charge is -2.12. The lowest BCUT2D eigenvalue weighted by Crippen LogP contribution is -2.06. The Labute approximate surface area is 162 Å². The Kier molecular flexibility index (Phi) is 5.85. The Hall–Kier alpha value is -3.88. The molecule has 3 aromatic rings. The molecule has 0 saturated carbocycles. The molecule has 2 aromatic carbocycles. The van der Waals surface area contributed by atoms with Gasteiger partial charge in [-0.15, -0.1) is 5.10 Å². The first-order valence-electron chi connectivity index (χ1n) is 8.41. The number of anilines is 5. The maximum atomic E-state index is 11.2. The first kappa shape index (κ1) is 18.9. The van der Waals surface area contributed by atoms with Crippen LogP contribution < -0.4 is 25.4 Å². The molecule has 1 heterocycles. The van der Waals surface area contributed by atoms with E-state index in [9.17, 15) is 4.79 Å². The third-order valence-corrected chi connectivity index (χ3v) is 3.67. The second-order valence-electron chi connectivity index (χ2n) is 5.74. The molecule has 0 aliphatic heterocycles. The normalized spacial score (nSPS) is 10.1. The Morgan fingerprint density at radius 2 is 1.82 bits per heavy atom. The van der Waals surface area contributed by atoms with Crippen molar-refractivity contribution in [3.8, 4) is 11.5 Å². The largest absolute Gasteiger partial charge is 0.497 e. The minimum atomic E-state index is -0.138. The molecule has 0 saturated heterocycles. The number of nitrogens with zero attached hydrogens (tertiary/aromatic N) is 3. The zero-order valence-corrected chi connectivity index (χ0v) is 15.7. The molecular weight excluding hydrogens is 360 g/mol. The fourth-order valence-electron chi connectivity index (χ4n) is 2.46. The molecule has 1 amide bonds. The molecule has 9 nitrogen and oxygen atoms in total. The number of nitrogens with one attached hydrogen (secondary N) is 3. The Morgan fingerprint density at radius 1 is 1.00 bits per heavy atom. The van der Waals surface area contributed by atoms with Crippen LogP contribution in [0.25, 0.3) is 0 Å². The summed E-state index contributed by atoms with van der Waals surface area (Å²) in [4.78, 5) is 15.6. The van der Waals surface area contributed by atoms with Crippen LogP contribution in [-0.4, -0.2) is 35.3 Å². The van der Waals surface area contributed by atoms with Gasteiger partial charge in [0.1, 0.15) is 11.5 Å². The highest BCUT2D eigenvalue weighted by molar-refractivity contribution is 5.89. The van der Waals surface area contributed by atoms with Crippen molar-refractivity contribution in [3.63, 3.8) is 0 Å². The van der Waals surface area contributed by atoms with Gasteiger partial charge in [-0.25, -0.2) is 0 Å². The number of hydrogen-bond donors (Lipinski definition) is 3. The van der Waals surface area contributed by atoms with E-state index < -0.39 is 0 Å². The number of benzene rings is 2. The van der Waals surface area contributed by atoms with Gasteiger partial charge >= 0.3 is 0 Å². The minimum Gasteiger partial charge on any atom is -0.497 e. The quantitative estimate of drug-likeness (QED) is 0.572. The summed E-state index contributed by atoms with van der Waals surface area (Å²) in [5.74, 6) is 1.91. The summed E-state index contributed by atoms with van der Waals surface area (Å²) in [6.45, 7) is 1.46. The van der Waals surface area contributed by atoms with E-state index in [1.807, 2.05) is 12.1 Å². The van der Waals surface area contributed by atoms with Crippen LogP contribution in [-0.2, 0) is 4.79 Å². The monoisotopic (exact) mass is 380 g/mol. The van der Waals surface area contributed by atoms with Crippen LogP contribution in [0.5, 0.6) is 11.5 Å². The molecule has 0 spiro atoms. The molecule has 0 unspecified atom stereocenters. The van der Waals surface area contributed by atoms with Crippen LogP contribution >= 0.6 is 0 Å². The van der Waals surface area contributed by atoms with Gasteiger partial charge in [-0.2, -0.15) is 10.1 Å². The molecule has 0 atom stereocenters. The molecule has 144 valence electrons. The highest BCUT2D eigenvalue weighted by Crippen LogP contribution is 2.30. The van der Waals surface area contributed by atoms with Crippen molar-refractivity contribution in [1.29, 1.82) is 0 Å². The number of hydrogen-bond acceptors (Lipinski definition) is 8. The predicted molar refractivity (Wildman–Crippen MR) is 107 cm³/mol. The van der Waals surface area contributed by atoms with Crippen LogP contribution in [0, 0.1) is 0 Å². The molecule has 0 aliphatic rings. The number of rotatable bonds is 7. The Balaban J connectivity index is 1.77. The summed E-state index contributed by atoms with van der Waals surface area (Å²) in [6.07, 6.45) is 1.50. The third kappa shape index (κ3) is 4.85. The second-order valence-corrected chi connectivity index (χ2v) is 5.74. The van der Waals surface area contributed by atoms with Gasteiger partial charge in [-0.3, -0.25) is 4.79 Å². The fourth-order valence-corrected chi connectivity index (χ4v) is 2.46. The van der Waals surface area contributed by atoms with Crippen LogP contribution in [0.1, 0.15) is 6.92 Å². The van der Waals surface area contributed by atoms with Gasteiger partial charge in [-0.1, -0.05) is 6.07 Å². The van der Waals surface area contributed by atoms with E-state index in [1.165, 1.54) is 13.1 Å². The van der Waals surface area contributed by atoms with Gasteiger partial charge in [0.25, 0.3) is 0 Å². The predicted octanol–water partition coefficient (Wildman–Crippen LogP) is 3.33. The van der Waals surface area contributed by atoms with Gasteiger partial charge in [0, 0.05) is 24.4 Å². The maximum absolute atomic E-state index is 11.2. The molecule has 0 aliphatic carbocycles. The number of carbonyl (C=O) groups is 1. The minimum absolute atomic E-state index is 0.138. The van der Waals surface area contributed by atoms with Crippen molar-refractivity contribution in [1.82, 2.24) is 15.2 Å². The topological polar surface area (TPSA) is 110 Å². The molecule has 28 heavy (non-hydrogen) atoms. The number of ether oxygens (including phenoxy) is 2. The number of aromatic nitrogens is 3. The summed E-state index contributed by atoms with van der Waals surface area (Å²) in [7, 11) is 3.16. The molecule has 3 N–H and O–H groups in total. The van der Waals surface area contributed by atoms with E-state index in [0.717, 1.165) is 5.69 Å². The van der Waals surface area contributed by atoms with Gasteiger partial charge < -0.3 is 25.4 Å². The molecular formula is C19H20N6O3. The van der Waals surface area contributed by atoms with E-state index in [-0.39, 0.29) is 5.91 Å². The summed E-state index contributed by atoms with van der Waals surface area (Å²) in [6, 6.07) is 12.6. The van der Waals surface area contributed by atoms with Crippen LogP contribution in [0.3, 0.4) is 0 Å². The molecule has 9 heteroatoms. The zero-order valence-electron chi connectivity index (χ0n) is 15.7. The summed E-state index contributed by atoms with van der Waals surface area (Å²) < 4.78 is 10.6. The first-order chi connectivity index (χ1) is 13.6. The molecule has 0 bridgehead atoms. The SMILES string of the molecule is COc1ccc(Nc2nncc(Nc3cccc(NC(C)=O)c3)n2)c(OC)c1. The van der Waals surface area contributed by atoms with Crippen LogP contribution in [0.2, 0.25) is 0 Å². The van der Waals surface area contributed by atoms with Crippen LogP contribution in [0.15, 0.2) is 48.7 Å². The smallest absolute Gasteiger partial charge is 0.249 e. The van der Waals surface area contributed by atoms with E-state index in [2.05, 4.69) is 31.1 Å². The lowest BCUT2D eigenvalue weighted by molar-refractivity contribution is -0.114. The fraction of sp³-hybridized carbons (Fsp3) is 0.158. The summed E-state index contributed by atoms with van der Waals surface area (Å²) >= 11 is 0. The van der Waals surface area contributed by atoms with Crippen molar-refractivity contribution < 1.29 is 14.3 Å². The van der Waals surface area contributed by atoms with Gasteiger partial charge in [0.15, 0.2) is 5.82 Å². The highest BCUT2D eigenvalue weighted by Gasteiger charge is 2.08. The summed E-state index contributed by atoms with van der Waals surface area (Å²) in [5, 5.41) is 16.9. The highest BCUT2D eigenvalue weighted by atomic mass is 16.5. The van der Waals surface area contributed by atoms with Crippen molar-refractivity contribution in [2.75, 3.05) is 30.2 Å². The number of methoxy groups -OCH3 is 2. The van der Waals surface area contributed by atoms with E-state index in [1.54, 1.807) is 44.6 Å². The standard InChI is InChI=1S/C19H20N6O3/c1-12(26)21-13-5-4-6-14(9-13)22-18-11-20-25-19(24-18)23-16-8-7-15(27-2)10-17(16)28-3/h4-11H,1-3H3,(H,21,26)(H2,22,23,24,25). The average Bonchev–Trinajstić information content (AvgIpc) is 2.68. The maximum Gasteiger partial charge on any atom is 0.249 e. The van der Waals surface area contributed by atoms with Gasteiger partial charge in [-0.05, 0) is 30.3 Å². The van der Waals surface area contributed by atoms with Crippen molar-refractivity contribution in [2.45, 2.75) is 6.92 Å². The molecule has 1 aromatic heterocycles. The van der Waals surface area contributed by atoms with Crippen molar-refractivity contribution in [3.05, 3.63) is 48.7 Å². The third-order valence-electron chi connectivity index (χ3n) is 3.67. The average molecular weight is 380 g/mol. The summed E-state index contributed by atoms with van der Waals surface area (Å²) in [5.41, 5.74) is 2.11. The van der Waals surface area contributed by atoms with Crippen molar-refractivity contribution >= 4 is 34.7 Å². The Morgan fingerprint density at radius 3 is 2.57 bits per heavy atom. The van der Waals surface area contributed by atoms with Gasteiger partial charge in [0.2, 0.25) is 11.9 Å². The molecule has 3 rings (SSSR count). The zero-order chi connectivity index (χ0) is 19.9. The Bertz CT molecular complexity index is 979. The van der Waals surface area contributed by atoms with E-state index in [0.29, 0.717) is 34.6 Å². The van der Waals surface area contributed by atoms with Crippen molar-refractivity contribution in [2.24, 2.45) is 0 Å². The van der Waals surface area contributed by atoms with Crippen LogP contribution in [0.4, 0.5) is 28.8 Å². The number of amides is 1. The van der Waals surface area contributed by atoms with Gasteiger partial charge in [0.05, 0.1) is 26.1 Å². The van der Waals surface area contributed by atoms with E-state index in [4.69, 9.17) is 9.47 Å². The molecule has 0 fully saturated rings. The molecule has 0 radical (unpaired) electrons. The second kappa shape index (κ2) is 8.67.